The third kappa shape index (κ3) is 5.16. The van der Waals surface area contributed by atoms with Gasteiger partial charge < -0.3 is 5.32 Å². The summed E-state index contributed by atoms with van der Waals surface area (Å²) in [6.07, 6.45) is 1.66. The summed E-state index contributed by atoms with van der Waals surface area (Å²) in [4.78, 5) is 12.6. The minimum absolute atomic E-state index is 0.0818. The van der Waals surface area contributed by atoms with Crippen LogP contribution in [0.5, 0.6) is 0 Å². The quantitative estimate of drug-likeness (QED) is 0.744. The van der Waals surface area contributed by atoms with E-state index in [1.165, 1.54) is 12.1 Å². The van der Waals surface area contributed by atoms with Gasteiger partial charge in [0.1, 0.15) is 0 Å². The van der Waals surface area contributed by atoms with Gasteiger partial charge in [-0.05, 0) is 43.0 Å². The molecule has 0 atom stereocenters. The normalized spacial score (nSPS) is 11.5. The van der Waals surface area contributed by atoms with Crippen molar-refractivity contribution in [2.45, 2.75) is 51.1 Å². The number of sulfonamides is 1. The van der Waals surface area contributed by atoms with E-state index < -0.39 is 10.0 Å². The average Bonchev–Trinajstić information content (AvgIpc) is 2.65. The van der Waals surface area contributed by atoms with Gasteiger partial charge in [0.15, 0.2) is 0 Å². The zero-order valence-electron chi connectivity index (χ0n) is 15.5. The Morgan fingerprint density at radius 1 is 1.04 bits per heavy atom. The molecular formula is C20H26N2O3S. The van der Waals surface area contributed by atoms with Crippen LogP contribution in [-0.4, -0.2) is 20.4 Å². The Balaban J connectivity index is 2.20. The van der Waals surface area contributed by atoms with Gasteiger partial charge in [0.2, 0.25) is 10.0 Å². The first-order valence-electron chi connectivity index (χ1n) is 8.82. The molecule has 0 aliphatic heterocycles. The molecule has 1 amide bonds. The highest BCUT2D eigenvalue weighted by Gasteiger charge is 2.19. The average molecular weight is 375 g/mol. The van der Waals surface area contributed by atoms with E-state index in [1.54, 1.807) is 13.0 Å². The van der Waals surface area contributed by atoms with Gasteiger partial charge in [-0.2, -0.15) is 0 Å². The standard InChI is InChI=1S/C20H26N2O3S/c1-4-17(5-2)22-20(23)19-13-18(12-11-15(19)3)26(24,25)21-14-16-9-7-6-8-10-16/h6-13,17,21H,4-5,14H2,1-3H3,(H,22,23). The first-order chi connectivity index (χ1) is 12.4. The molecule has 0 heterocycles. The van der Waals surface area contributed by atoms with Crippen LogP contribution in [0.25, 0.3) is 0 Å². The van der Waals surface area contributed by atoms with Crippen molar-refractivity contribution in [1.29, 1.82) is 0 Å². The topological polar surface area (TPSA) is 75.3 Å². The smallest absolute Gasteiger partial charge is 0.251 e. The number of carbonyl (C=O) groups is 1. The van der Waals surface area contributed by atoms with Crippen molar-refractivity contribution in [1.82, 2.24) is 10.0 Å². The van der Waals surface area contributed by atoms with E-state index in [0.29, 0.717) is 5.56 Å². The Morgan fingerprint density at radius 2 is 1.69 bits per heavy atom. The number of benzene rings is 2. The maximum Gasteiger partial charge on any atom is 0.251 e. The van der Waals surface area contributed by atoms with E-state index in [0.717, 1.165) is 24.0 Å². The van der Waals surface area contributed by atoms with Gasteiger partial charge in [-0.25, -0.2) is 13.1 Å². The fourth-order valence-electron chi connectivity index (χ4n) is 2.63. The van der Waals surface area contributed by atoms with Gasteiger partial charge in [-0.15, -0.1) is 0 Å². The zero-order chi connectivity index (χ0) is 19.2. The van der Waals surface area contributed by atoms with Crippen LogP contribution in [0.3, 0.4) is 0 Å². The van der Waals surface area contributed by atoms with Gasteiger partial charge >= 0.3 is 0 Å². The molecule has 6 heteroatoms. The predicted octanol–water partition coefficient (Wildman–Crippen LogP) is 3.39. The molecule has 140 valence electrons. The minimum atomic E-state index is -3.70. The van der Waals surface area contributed by atoms with Crippen LogP contribution in [0.15, 0.2) is 53.4 Å². The van der Waals surface area contributed by atoms with Crippen LogP contribution >= 0.6 is 0 Å². The predicted molar refractivity (Wildman–Crippen MR) is 103 cm³/mol. The first-order valence-corrected chi connectivity index (χ1v) is 10.3. The van der Waals surface area contributed by atoms with Crippen molar-refractivity contribution in [3.63, 3.8) is 0 Å². The molecule has 0 radical (unpaired) electrons. The monoisotopic (exact) mass is 374 g/mol. The fourth-order valence-corrected chi connectivity index (χ4v) is 3.67. The zero-order valence-corrected chi connectivity index (χ0v) is 16.3. The maximum absolute atomic E-state index is 12.6. The number of carbonyl (C=O) groups excluding carboxylic acids is 1. The summed E-state index contributed by atoms with van der Waals surface area (Å²) in [5.74, 6) is -0.240. The summed E-state index contributed by atoms with van der Waals surface area (Å²) in [6.45, 7) is 6.02. The summed E-state index contributed by atoms with van der Waals surface area (Å²) in [7, 11) is -3.70. The van der Waals surface area contributed by atoms with Crippen LogP contribution in [0, 0.1) is 6.92 Å². The molecule has 0 fully saturated rings. The summed E-state index contributed by atoms with van der Waals surface area (Å²) < 4.78 is 27.7. The molecule has 0 aliphatic rings. The molecule has 0 unspecified atom stereocenters. The Bertz CT molecular complexity index is 845. The van der Waals surface area contributed by atoms with Crippen molar-refractivity contribution >= 4 is 15.9 Å². The number of rotatable bonds is 8. The third-order valence-electron chi connectivity index (χ3n) is 4.39. The van der Waals surface area contributed by atoms with Crippen molar-refractivity contribution < 1.29 is 13.2 Å². The molecule has 0 saturated carbocycles. The van der Waals surface area contributed by atoms with Crippen LogP contribution in [0.1, 0.15) is 48.2 Å². The molecule has 2 rings (SSSR count). The van der Waals surface area contributed by atoms with E-state index >= 15 is 0 Å². The van der Waals surface area contributed by atoms with Gasteiger partial charge in [0.05, 0.1) is 4.90 Å². The third-order valence-corrected chi connectivity index (χ3v) is 5.79. The molecule has 0 aliphatic carbocycles. The van der Waals surface area contributed by atoms with E-state index in [9.17, 15) is 13.2 Å². The van der Waals surface area contributed by atoms with Crippen molar-refractivity contribution in [3.8, 4) is 0 Å². The van der Waals surface area contributed by atoms with E-state index in [2.05, 4.69) is 10.0 Å². The lowest BCUT2D eigenvalue weighted by Gasteiger charge is -2.16. The molecule has 2 N–H and O–H groups in total. The summed E-state index contributed by atoms with van der Waals surface area (Å²) in [6, 6.07) is 14.0. The lowest BCUT2D eigenvalue weighted by Crippen LogP contribution is -2.34. The van der Waals surface area contributed by atoms with Gasteiger partial charge in [0.25, 0.3) is 5.91 Å². The van der Waals surface area contributed by atoms with Crippen molar-refractivity contribution in [2.75, 3.05) is 0 Å². The Kier molecular flexibility index (Phi) is 6.94. The summed E-state index contributed by atoms with van der Waals surface area (Å²) in [5.41, 5.74) is 2.00. The first kappa shape index (κ1) is 20.1. The highest BCUT2D eigenvalue weighted by molar-refractivity contribution is 7.89. The Morgan fingerprint density at radius 3 is 2.31 bits per heavy atom. The number of hydrogen-bond donors (Lipinski definition) is 2. The Hall–Kier alpha value is -2.18. The molecule has 2 aromatic rings. The number of hydrogen-bond acceptors (Lipinski definition) is 3. The van der Waals surface area contributed by atoms with Crippen LogP contribution in [0.2, 0.25) is 0 Å². The molecule has 0 saturated heterocycles. The maximum atomic E-state index is 12.6. The van der Waals surface area contributed by atoms with E-state index in [-0.39, 0.29) is 23.4 Å². The number of aryl methyl sites for hydroxylation is 1. The molecule has 0 aromatic heterocycles. The summed E-state index contributed by atoms with van der Waals surface area (Å²) in [5, 5.41) is 2.96. The summed E-state index contributed by atoms with van der Waals surface area (Å²) >= 11 is 0. The second-order valence-corrected chi connectivity index (χ2v) is 8.04. The van der Waals surface area contributed by atoms with Gasteiger partial charge in [0, 0.05) is 18.2 Å². The second kappa shape index (κ2) is 8.96. The van der Waals surface area contributed by atoms with Crippen molar-refractivity contribution in [3.05, 3.63) is 65.2 Å². The van der Waals surface area contributed by atoms with Crippen molar-refractivity contribution in [2.24, 2.45) is 0 Å². The highest BCUT2D eigenvalue weighted by atomic mass is 32.2. The molecule has 5 nitrogen and oxygen atoms in total. The highest BCUT2D eigenvalue weighted by Crippen LogP contribution is 2.17. The Labute approximate surface area is 155 Å². The van der Waals surface area contributed by atoms with Gasteiger partial charge in [-0.3, -0.25) is 4.79 Å². The lowest BCUT2D eigenvalue weighted by atomic mass is 10.1. The number of amides is 1. The molecule has 2 aromatic carbocycles. The lowest BCUT2D eigenvalue weighted by molar-refractivity contribution is 0.0934. The number of nitrogens with one attached hydrogen (secondary N) is 2. The fraction of sp³-hybridized carbons (Fsp3) is 0.350. The minimum Gasteiger partial charge on any atom is -0.349 e. The largest absolute Gasteiger partial charge is 0.349 e. The SMILES string of the molecule is CCC(CC)NC(=O)c1cc(S(=O)(=O)NCc2ccccc2)ccc1C. The molecule has 26 heavy (non-hydrogen) atoms. The van der Waals surface area contributed by atoms with Crippen LogP contribution in [0.4, 0.5) is 0 Å². The van der Waals surface area contributed by atoms with E-state index in [1.807, 2.05) is 44.2 Å². The molecular weight excluding hydrogens is 348 g/mol. The molecule has 0 spiro atoms. The van der Waals surface area contributed by atoms with E-state index in [4.69, 9.17) is 0 Å². The molecule has 0 bridgehead atoms. The van der Waals surface area contributed by atoms with Crippen LogP contribution in [-0.2, 0) is 16.6 Å². The second-order valence-electron chi connectivity index (χ2n) is 6.27. The van der Waals surface area contributed by atoms with Crippen LogP contribution < -0.4 is 10.0 Å². The van der Waals surface area contributed by atoms with Gasteiger partial charge in [-0.1, -0.05) is 50.2 Å².